The van der Waals surface area contributed by atoms with E-state index in [9.17, 15) is 86.3 Å². The molecule has 0 heterocycles. The van der Waals surface area contributed by atoms with Crippen molar-refractivity contribution < 1.29 is 105 Å². The molecule has 0 saturated heterocycles. The third-order valence-electron chi connectivity index (χ3n) is 19.8. The number of Topliss-reactive ketones (excluding diaryl/α,β-unsaturated/α-hetero) is 7. The number of carbonyl (C=O) groups excluding carboxylic acids is 18. The first-order valence-corrected chi connectivity index (χ1v) is 45.7. The van der Waals surface area contributed by atoms with E-state index >= 15 is 0 Å². The van der Waals surface area contributed by atoms with Crippen LogP contribution in [-0.2, 0) is 118 Å². The van der Waals surface area contributed by atoms with E-state index in [0.717, 1.165) is 72.8 Å². The van der Waals surface area contributed by atoms with Crippen molar-refractivity contribution >= 4 is 106 Å². The van der Waals surface area contributed by atoms with Crippen LogP contribution in [0.5, 0.6) is 0 Å². The van der Waals surface area contributed by atoms with Crippen LogP contribution in [0.15, 0.2) is 152 Å². The molecule has 5 aromatic carbocycles. The van der Waals surface area contributed by atoms with Crippen molar-refractivity contribution in [3.05, 3.63) is 179 Å². The lowest BCUT2D eigenvalue weighted by Crippen LogP contribution is -2.47. The molecule has 29 heteroatoms. The quantitative estimate of drug-likeness (QED) is 0.0108. The summed E-state index contributed by atoms with van der Waals surface area (Å²) in [6, 6.07) is 43.9. The standard InChI is InChI=1S/C23H27NO4.2C17H23NO4.C15H19NO2.C11H19NO4.C10H17NO2.C9H15NO2/c1-4-28-23(27)19(15-17-11-7-5-8-12-17)24-22(26)21(25)20(16(2)3)18-13-9-6-10-14-18;1-5-22-17(21)12(4)18-16(20)15(19)14(11(2)3)13-9-7-6-8-10-13;1-4-22-17(21)14(11-13-8-6-5-7-9-13)18-16(20)15(19)10-12(2)3;1-10(2)13(11-6-4-3-5-7-11)14(17)15(18)16-12-8-9-12;1-5-16-11(15)8(4)12-10(14)9(13)6-7(2)3;1-7(2)3-6-9(12)10(13)11-8-4-5-8;1-6(2)5-8(11)9(12)10-7-3-4-7/h5-14,16,19-20H,4,15H2,1-3H3,(H,24,26);6-12,14H,5H2,1-4H3,(H,18,20);5-9,12,14H,4,10-11H2,1-3H3,(H,18,20);3-7,10,12-13H,8-9H2,1-2H3,(H,16,18);7-8H,5-6H2,1-4H3,(H,12,14);7-8H,3-6H2,1-2H3,(H,11,13);6-7H,3-5H2,1-2H3,(H,10,12)/t19-,20?;12-,14?;14-;;8-;;/m000.0../s1. The summed E-state index contributed by atoms with van der Waals surface area (Å²) in [6.07, 6.45) is 8.55. The van der Waals surface area contributed by atoms with Crippen LogP contribution in [0.1, 0.15) is 255 Å². The van der Waals surface area contributed by atoms with Gasteiger partial charge in [0.1, 0.15) is 24.2 Å². The average Bonchev–Trinajstić information content (AvgIpc) is 1.58. The lowest BCUT2D eigenvalue weighted by Gasteiger charge is -2.22. The van der Waals surface area contributed by atoms with Crippen molar-refractivity contribution in [1.82, 2.24) is 37.2 Å². The molecule has 3 saturated carbocycles. The number of carbonyl (C=O) groups is 18. The minimum Gasteiger partial charge on any atom is -0.464 e. The minimum atomic E-state index is -0.914. The molecular formula is C102H143N7O22. The zero-order valence-corrected chi connectivity index (χ0v) is 80.3. The highest BCUT2D eigenvalue weighted by atomic mass is 16.5. The molecule has 3 aliphatic carbocycles. The largest absolute Gasteiger partial charge is 0.464 e. The maximum atomic E-state index is 12.9. The Kier molecular flexibility index (Phi) is 54.7. The van der Waals surface area contributed by atoms with Crippen LogP contribution >= 0.6 is 0 Å². The summed E-state index contributed by atoms with van der Waals surface area (Å²) in [5.41, 5.74) is 4.26. The summed E-state index contributed by atoms with van der Waals surface area (Å²) in [7, 11) is 0. The van der Waals surface area contributed by atoms with E-state index in [4.69, 9.17) is 18.9 Å². The molecule has 0 aromatic heterocycles. The maximum absolute atomic E-state index is 12.9. The van der Waals surface area contributed by atoms with E-state index in [2.05, 4.69) is 37.2 Å². The van der Waals surface area contributed by atoms with E-state index in [1.165, 1.54) is 13.8 Å². The van der Waals surface area contributed by atoms with Gasteiger partial charge in [-0.25, -0.2) is 19.2 Å². The number of ether oxygens (including phenoxy) is 4. The van der Waals surface area contributed by atoms with Gasteiger partial charge in [0.2, 0.25) is 40.5 Å². The highest BCUT2D eigenvalue weighted by Gasteiger charge is 2.37. The van der Waals surface area contributed by atoms with E-state index in [0.29, 0.717) is 25.2 Å². The van der Waals surface area contributed by atoms with Crippen LogP contribution in [0.3, 0.4) is 0 Å². The fraction of sp³-hybridized carbons (Fsp3) is 0.529. The third-order valence-corrected chi connectivity index (χ3v) is 19.8. The Balaban J connectivity index is 0.000000526. The molecule has 3 unspecified atom stereocenters. The van der Waals surface area contributed by atoms with E-state index in [1.54, 1.807) is 27.7 Å². The second kappa shape index (κ2) is 62.3. The Morgan fingerprint density at radius 2 is 0.527 bits per heavy atom. The number of amides is 7. The van der Waals surface area contributed by atoms with Gasteiger partial charge in [-0.15, -0.1) is 0 Å². The number of nitrogens with one attached hydrogen (secondary N) is 7. The predicted molar refractivity (Wildman–Crippen MR) is 499 cm³/mol. The van der Waals surface area contributed by atoms with Crippen molar-refractivity contribution in [2.75, 3.05) is 26.4 Å². The molecule has 0 bridgehead atoms. The molecule has 7 N–H and O–H groups in total. The highest BCUT2D eigenvalue weighted by Crippen LogP contribution is 2.30. The Morgan fingerprint density at radius 1 is 0.282 bits per heavy atom. The minimum absolute atomic E-state index is 0.0291. The molecule has 7 amide bonds. The van der Waals surface area contributed by atoms with Gasteiger partial charge in [0.15, 0.2) is 0 Å². The van der Waals surface area contributed by atoms with Gasteiger partial charge in [0.25, 0.3) is 41.4 Å². The number of rotatable bonds is 44. The van der Waals surface area contributed by atoms with Crippen LogP contribution in [0.4, 0.5) is 0 Å². The lowest BCUT2D eigenvalue weighted by atomic mass is 9.84. The Bertz CT molecular complexity index is 4430. The Morgan fingerprint density at radius 3 is 0.809 bits per heavy atom. The van der Waals surface area contributed by atoms with Gasteiger partial charge in [-0.1, -0.05) is 249 Å². The van der Waals surface area contributed by atoms with E-state index < -0.39 is 118 Å². The SMILES string of the molecule is CC(C)C(C(=O)C(=O)NC1CC1)c1ccccc1.CC(C)CC(=O)C(=O)NC1CC1.CC(C)CCC(=O)C(=O)NC1CC1.CCOC(=O)[C@H](C)NC(=O)C(=O)C(c1ccccc1)C(C)C.CCOC(=O)[C@H](C)NC(=O)C(=O)CC(C)C.CCOC(=O)[C@H](Cc1ccccc1)NC(=O)C(=O)C(c1ccccc1)C(C)C.CCOC(=O)[C@H](Cc1ccccc1)NC(=O)C(=O)CC(C)C. The molecule has 3 fully saturated rings. The molecule has 3 aliphatic rings. The lowest BCUT2D eigenvalue weighted by molar-refractivity contribution is -0.149. The summed E-state index contributed by atoms with van der Waals surface area (Å²) in [6.45, 7) is 37.5. The predicted octanol–water partition coefficient (Wildman–Crippen LogP) is 12.3. The average molecular weight is 1820 g/mol. The van der Waals surface area contributed by atoms with Crippen LogP contribution in [0, 0.1) is 41.4 Å². The number of esters is 4. The van der Waals surface area contributed by atoms with Crippen molar-refractivity contribution in [2.24, 2.45) is 41.4 Å². The monoisotopic (exact) mass is 1820 g/mol. The summed E-state index contributed by atoms with van der Waals surface area (Å²) < 4.78 is 19.6. The first-order chi connectivity index (χ1) is 61.9. The Labute approximate surface area is 773 Å². The van der Waals surface area contributed by atoms with Gasteiger partial charge in [-0.05, 0) is 156 Å². The van der Waals surface area contributed by atoms with E-state index in [-0.39, 0.29) is 128 Å². The molecule has 0 aliphatic heterocycles. The van der Waals surface area contributed by atoms with E-state index in [1.807, 2.05) is 249 Å². The molecule has 131 heavy (non-hydrogen) atoms. The summed E-state index contributed by atoms with van der Waals surface area (Å²) in [5, 5.41) is 17.9. The van der Waals surface area contributed by atoms with Gasteiger partial charge in [-0.3, -0.25) is 67.1 Å². The zero-order valence-electron chi connectivity index (χ0n) is 80.3. The molecule has 29 nitrogen and oxygen atoms in total. The van der Waals surface area contributed by atoms with Crippen molar-refractivity contribution in [3.8, 4) is 0 Å². The first kappa shape index (κ1) is 115. The van der Waals surface area contributed by atoms with Gasteiger partial charge in [0.05, 0.1) is 44.2 Å². The molecular weight excluding hydrogens is 1680 g/mol. The molecule has 5 aromatic rings. The fourth-order valence-electron chi connectivity index (χ4n) is 12.6. The molecule has 0 spiro atoms. The molecule has 7 atom stereocenters. The summed E-state index contributed by atoms with van der Waals surface area (Å²) in [4.78, 5) is 212. The maximum Gasteiger partial charge on any atom is 0.328 e. The van der Waals surface area contributed by atoms with Gasteiger partial charge in [-0.2, -0.15) is 0 Å². The van der Waals surface area contributed by atoms with Crippen molar-refractivity contribution in [1.29, 1.82) is 0 Å². The molecule has 8 rings (SSSR count). The number of hydrogen-bond acceptors (Lipinski definition) is 22. The number of benzene rings is 5. The van der Waals surface area contributed by atoms with Gasteiger partial charge in [0, 0.05) is 56.7 Å². The van der Waals surface area contributed by atoms with Gasteiger partial charge < -0.3 is 56.2 Å². The summed E-state index contributed by atoms with van der Waals surface area (Å²) >= 11 is 0. The van der Waals surface area contributed by atoms with Crippen LogP contribution in [0.2, 0.25) is 0 Å². The number of hydrogen-bond donors (Lipinski definition) is 7. The topological polar surface area (TPSA) is 428 Å². The highest BCUT2D eigenvalue weighted by molar-refractivity contribution is 6.40. The molecule has 0 radical (unpaired) electrons. The Hall–Kier alpha value is -12.0. The normalized spacial score (nSPS) is 13.8. The third kappa shape index (κ3) is 47.9. The smallest absolute Gasteiger partial charge is 0.328 e. The van der Waals surface area contributed by atoms with Crippen LogP contribution < -0.4 is 37.2 Å². The molecule has 718 valence electrons. The van der Waals surface area contributed by atoms with Crippen LogP contribution in [-0.4, -0.2) is 174 Å². The van der Waals surface area contributed by atoms with Crippen molar-refractivity contribution in [2.45, 2.75) is 282 Å². The van der Waals surface area contributed by atoms with Gasteiger partial charge >= 0.3 is 23.9 Å². The first-order valence-electron chi connectivity index (χ1n) is 45.7. The summed E-state index contributed by atoms with van der Waals surface area (Å²) in [5.74, 6) is -9.80. The van der Waals surface area contributed by atoms with Crippen LogP contribution in [0.25, 0.3) is 0 Å². The fourth-order valence-corrected chi connectivity index (χ4v) is 12.6. The van der Waals surface area contributed by atoms with Crippen molar-refractivity contribution in [3.63, 3.8) is 0 Å². The number of ketones is 7. The second-order valence-corrected chi connectivity index (χ2v) is 35.0. The zero-order chi connectivity index (χ0) is 98.6. The second-order valence-electron chi connectivity index (χ2n) is 35.0.